The number of rotatable bonds is 1. The number of hydrogen-bond acceptors (Lipinski definition) is 2. The molecule has 0 aromatic heterocycles. The molecule has 1 atom stereocenters. The quantitative estimate of drug-likeness (QED) is 0.564. The number of thiocarbonyl (C=S) groups is 1. The van der Waals surface area contributed by atoms with Gasteiger partial charge in [0.2, 0.25) is 0 Å². The number of nitrogens with zero attached hydrogens (tertiary/aromatic N) is 2. The monoisotopic (exact) mass is 260 g/mol. The van der Waals surface area contributed by atoms with Gasteiger partial charge in [-0.1, -0.05) is 18.1 Å². The molecule has 1 saturated heterocycles. The van der Waals surface area contributed by atoms with Crippen LogP contribution in [0, 0.1) is 12.3 Å². The van der Waals surface area contributed by atoms with Crippen LogP contribution in [0.4, 0.5) is 5.69 Å². The smallest absolute Gasteiger partial charge is 0.177 e. The third kappa shape index (κ3) is 1.70. The summed E-state index contributed by atoms with van der Waals surface area (Å²) < 4.78 is 0. The number of para-hydroxylation sites is 1. The molecule has 2 aliphatic heterocycles. The summed E-state index contributed by atoms with van der Waals surface area (Å²) in [6.45, 7) is 1.56. The van der Waals surface area contributed by atoms with Crippen LogP contribution in [0.25, 0.3) is 0 Å². The van der Waals surface area contributed by atoms with Crippen LogP contribution in [-0.4, -0.2) is 34.9 Å². The van der Waals surface area contributed by atoms with E-state index in [-0.39, 0.29) is 0 Å². The van der Waals surface area contributed by atoms with E-state index in [9.17, 15) is 0 Å². The average Bonchev–Trinajstić information content (AvgIpc) is 2.67. The summed E-state index contributed by atoms with van der Waals surface area (Å²) in [5.41, 5.74) is 1.23. The van der Waals surface area contributed by atoms with Gasteiger partial charge in [-0.2, -0.15) is 0 Å². The molecule has 0 saturated carbocycles. The van der Waals surface area contributed by atoms with E-state index in [0.717, 1.165) is 17.4 Å². The predicted molar refractivity (Wildman–Crippen MR) is 76.4 cm³/mol. The van der Waals surface area contributed by atoms with Crippen molar-refractivity contribution in [3.63, 3.8) is 0 Å². The van der Waals surface area contributed by atoms with Crippen molar-refractivity contribution in [2.45, 2.75) is 10.9 Å². The Morgan fingerprint density at radius 1 is 1.47 bits per heavy atom. The number of hydrogen-bond donors (Lipinski definition) is 0. The molecule has 0 bridgehead atoms. The predicted octanol–water partition coefficient (Wildman–Crippen LogP) is 2.20. The first-order valence-corrected chi connectivity index (χ1v) is 6.94. The van der Waals surface area contributed by atoms with Crippen LogP contribution >= 0.6 is 24.0 Å². The van der Waals surface area contributed by atoms with Gasteiger partial charge in [-0.25, -0.2) is 0 Å². The second-order valence-corrected chi connectivity index (χ2v) is 5.60. The molecule has 2 aliphatic rings. The van der Waals surface area contributed by atoms with E-state index < -0.39 is 0 Å². The fourth-order valence-electron chi connectivity index (χ4n) is 2.36. The van der Waals surface area contributed by atoms with Gasteiger partial charge in [0.1, 0.15) is 0 Å². The zero-order valence-corrected chi connectivity index (χ0v) is 10.9. The standard InChI is InChI=1S/C13H12N2S2/c1-2-7-14-8-10-9-17-12-6-4-3-5-11(12)15(10)13(14)16/h1,3-6,10H,7-9H2. The highest BCUT2D eigenvalue weighted by atomic mass is 32.2. The summed E-state index contributed by atoms with van der Waals surface area (Å²) in [7, 11) is 0. The highest BCUT2D eigenvalue weighted by Gasteiger charge is 2.38. The van der Waals surface area contributed by atoms with Crippen molar-refractivity contribution < 1.29 is 0 Å². The number of anilines is 1. The third-order valence-electron chi connectivity index (χ3n) is 3.11. The molecular formula is C13H12N2S2. The SMILES string of the molecule is C#CCN1CC2CSc3ccccc3N2C1=S. The molecule has 0 radical (unpaired) electrons. The van der Waals surface area contributed by atoms with E-state index >= 15 is 0 Å². The fraction of sp³-hybridized carbons (Fsp3) is 0.308. The average molecular weight is 260 g/mol. The van der Waals surface area contributed by atoms with Crippen molar-refractivity contribution in [3.05, 3.63) is 24.3 Å². The van der Waals surface area contributed by atoms with Gasteiger partial charge in [-0.15, -0.1) is 18.2 Å². The van der Waals surface area contributed by atoms with Gasteiger partial charge in [0, 0.05) is 17.2 Å². The Morgan fingerprint density at radius 3 is 3.12 bits per heavy atom. The molecule has 2 heterocycles. The second kappa shape index (κ2) is 4.25. The van der Waals surface area contributed by atoms with E-state index in [4.69, 9.17) is 18.6 Å². The minimum atomic E-state index is 0.468. The molecule has 1 unspecified atom stereocenters. The minimum absolute atomic E-state index is 0.468. The molecule has 1 aromatic rings. The Balaban J connectivity index is 1.98. The van der Waals surface area contributed by atoms with Crippen LogP contribution in [0.5, 0.6) is 0 Å². The van der Waals surface area contributed by atoms with E-state index in [0.29, 0.717) is 12.6 Å². The second-order valence-electron chi connectivity index (χ2n) is 4.17. The Hall–Kier alpha value is -1.18. The van der Waals surface area contributed by atoms with Gasteiger partial charge in [0.15, 0.2) is 5.11 Å². The summed E-state index contributed by atoms with van der Waals surface area (Å²) in [6.07, 6.45) is 5.38. The molecule has 17 heavy (non-hydrogen) atoms. The topological polar surface area (TPSA) is 6.48 Å². The van der Waals surface area contributed by atoms with Crippen LogP contribution in [0.2, 0.25) is 0 Å². The van der Waals surface area contributed by atoms with Crippen molar-refractivity contribution >= 4 is 34.8 Å². The first kappa shape index (κ1) is 10.9. The van der Waals surface area contributed by atoms with Crippen LogP contribution in [-0.2, 0) is 0 Å². The van der Waals surface area contributed by atoms with E-state index in [1.54, 1.807) is 0 Å². The van der Waals surface area contributed by atoms with Gasteiger partial charge < -0.3 is 9.80 Å². The summed E-state index contributed by atoms with van der Waals surface area (Å²) in [6, 6.07) is 8.90. The lowest BCUT2D eigenvalue weighted by molar-refractivity contribution is 0.497. The first-order valence-electron chi connectivity index (χ1n) is 5.54. The molecule has 0 N–H and O–H groups in total. The fourth-order valence-corrected chi connectivity index (χ4v) is 3.86. The largest absolute Gasteiger partial charge is 0.336 e. The molecule has 4 heteroatoms. The first-order chi connectivity index (χ1) is 8.31. The highest BCUT2D eigenvalue weighted by molar-refractivity contribution is 7.99. The van der Waals surface area contributed by atoms with Gasteiger partial charge in [-0.05, 0) is 24.4 Å². The Bertz CT molecular complexity index is 506. The summed E-state index contributed by atoms with van der Waals surface area (Å²) in [5.74, 6) is 3.76. The van der Waals surface area contributed by atoms with E-state index in [1.165, 1.54) is 10.6 Å². The van der Waals surface area contributed by atoms with Crippen LogP contribution in [0.15, 0.2) is 29.2 Å². The van der Waals surface area contributed by atoms with Crippen molar-refractivity contribution in [1.29, 1.82) is 0 Å². The number of terminal acetylenes is 1. The Labute approximate surface area is 111 Å². The van der Waals surface area contributed by atoms with Gasteiger partial charge in [0.05, 0.1) is 18.3 Å². The molecule has 1 aromatic carbocycles. The van der Waals surface area contributed by atoms with Gasteiger partial charge in [0.25, 0.3) is 0 Å². The van der Waals surface area contributed by atoms with Gasteiger partial charge in [-0.3, -0.25) is 0 Å². The molecule has 86 valence electrons. The van der Waals surface area contributed by atoms with Crippen molar-refractivity contribution in [2.75, 3.05) is 23.7 Å². The van der Waals surface area contributed by atoms with Crippen LogP contribution in [0.3, 0.4) is 0 Å². The number of thioether (sulfide) groups is 1. The molecule has 0 spiro atoms. The maximum Gasteiger partial charge on any atom is 0.177 e. The zero-order chi connectivity index (χ0) is 11.8. The molecule has 3 rings (SSSR count). The number of benzene rings is 1. The van der Waals surface area contributed by atoms with Crippen LogP contribution < -0.4 is 4.90 Å². The van der Waals surface area contributed by atoms with Crippen molar-refractivity contribution in [2.24, 2.45) is 0 Å². The van der Waals surface area contributed by atoms with E-state index in [1.807, 2.05) is 11.8 Å². The maximum atomic E-state index is 5.53. The lowest BCUT2D eigenvalue weighted by Crippen LogP contribution is -2.38. The Morgan fingerprint density at radius 2 is 2.29 bits per heavy atom. The highest BCUT2D eigenvalue weighted by Crippen LogP contribution is 2.40. The van der Waals surface area contributed by atoms with Crippen molar-refractivity contribution in [3.8, 4) is 12.3 Å². The third-order valence-corrected chi connectivity index (χ3v) is 4.77. The molecular weight excluding hydrogens is 248 g/mol. The van der Waals surface area contributed by atoms with Crippen LogP contribution in [0.1, 0.15) is 0 Å². The van der Waals surface area contributed by atoms with Crippen molar-refractivity contribution in [1.82, 2.24) is 4.90 Å². The zero-order valence-electron chi connectivity index (χ0n) is 9.30. The summed E-state index contributed by atoms with van der Waals surface area (Å²) >= 11 is 7.43. The summed E-state index contributed by atoms with van der Waals surface area (Å²) in [5, 5.41) is 0.876. The molecule has 0 amide bonds. The summed E-state index contributed by atoms with van der Waals surface area (Å²) in [4.78, 5) is 5.69. The number of fused-ring (bicyclic) bond motifs is 3. The Kier molecular flexibility index (Phi) is 2.73. The molecule has 2 nitrogen and oxygen atoms in total. The maximum absolute atomic E-state index is 5.53. The molecule has 1 fully saturated rings. The minimum Gasteiger partial charge on any atom is -0.336 e. The van der Waals surface area contributed by atoms with Gasteiger partial charge >= 0.3 is 0 Å². The lowest BCUT2D eigenvalue weighted by atomic mass is 10.2. The molecule has 0 aliphatic carbocycles. The van der Waals surface area contributed by atoms with E-state index in [2.05, 4.69) is 40.0 Å². The lowest BCUT2D eigenvalue weighted by Gasteiger charge is -2.31. The normalized spacial score (nSPS) is 22.1.